The SMILES string of the molecule is COCCOC(=O)C1=C(C)N(CCCCCC(=O)O)C(=O)N[C@@H]1c1cccc(F)c1. The maximum absolute atomic E-state index is 13.8. The van der Waals surface area contributed by atoms with Crippen LogP contribution in [0.1, 0.15) is 44.2 Å². The van der Waals surface area contributed by atoms with Gasteiger partial charge in [0.25, 0.3) is 0 Å². The Morgan fingerprint density at radius 2 is 2.00 bits per heavy atom. The predicted octanol–water partition coefficient (Wildman–Crippen LogP) is 3.00. The molecule has 1 atom stereocenters. The molecule has 0 aliphatic carbocycles. The van der Waals surface area contributed by atoms with Gasteiger partial charge in [0.1, 0.15) is 12.4 Å². The van der Waals surface area contributed by atoms with E-state index >= 15 is 0 Å². The summed E-state index contributed by atoms with van der Waals surface area (Å²) in [7, 11) is 1.49. The van der Waals surface area contributed by atoms with Crippen LogP contribution >= 0.6 is 0 Å². The van der Waals surface area contributed by atoms with Gasteiger partial charge in [0.15, 0.2) is 0 Å². The van der Waals surface area contributed by atoms with E-state index in [2.05, 4.69) is 5.32 Å². The van der Waals surface area contributed by atoms with Crippen LogP contribution in [0.3, 0.4) is 0 Å². The summed E-state index contributed by atoms with van der Waals surface area (Å²) in [5.74, 6) is -1.96. The standard InChI is InChI=1S/C21H27FN2O6/c1-14-18(20(27)30-12-11-29-2)19(15-7-6-8-16(22)13-15)23-21(28)24(14)10-5-3-4-9-17(25)26/h6-8,13,19H,3-5,9-12H2,1-2H3,(H,23,28)(H,25,26)/t19-/m1/s1. The zero-order valence-corrected chi connectivity index (χ0v) is 17.2. The van der Waals surface area contributed by atoms with Crippen molar-refractivity contribution in [1.82, 2.24) is 10.2 Å². The zero-order chi connectivity index (χ0) is 22.1. The van der Waals surface area contributed by atoms with Gasteiger partial charge in [0, 0.05) is 25.8 Å². The maximum Gasteiger partial charge on any atom is 0.338 e. The number of halogens is 1. The molecule has 1 aromatic carbocycles. The summed E-state index contributed by atoms with van der Waals surface area (Å²) in [5.41, 5.74) is 1.08. The summed E-state index contributed by atoms with van der Waals surface area (Å²) < 4.78 is 23.9. The van der Waals surface area contributed by atoms with Crippen molar-refractivity contribution in [1.29, 1.82) is 0 Å². The number of hydrogen-bond donors (Lipinski definition) is 2. The molecule has 1 aliphatic rings. The van der Waals surface area contributed by atoms with Gasteiger partial charge in [-0.1, -0.05) is 18.6 Å². The number of rotatable bonds is 11. The third kappa shape index (κ3) is 6.28. The molecule has 0 spiro atoms. The molecule has 0 aromatic heterocycles. The molecule has 0 saturated heterocycles. The molecule has 164 valence electrons. The maximum atomic E-state index is 13.8. The number of allylic oxidation sites excluding steroid dienone is 1. The van der Waals surface area contributed by atoms with Crippen molar-refractivity contribution in [3.63, 3.8) is 0 Å². The van der Waals surface area contributed by atoms with Crippen molar-refractivity contribution < 1.29 is 33.4 Å². The number of hydrogen-bond acceptors (Lipinski definition) is 5. The van der Waals surface area contributed by atoms with Crippen LogP contribution in [0.25, 0.3) is 0 Å². The Morgan fingerprint density at radius 1 is 1.23 bits per heavy atom. The summed E-state index contributed by atoms with van der Waals surface area (Å²) in [6.45, 7) is 2.24. The molecule has 2 N–H and O–H groups in total. The molecule has 2 rings (SSSR count). The van der Waals surface area contributed by atoms with Crippen molar-refractivity contribution in [2.75, 3.05) is 26.9 Å². The van der Waals surface area contributed by atoms with Crippen molar-refractivity contribution in [3.05, 3.63) is 46.9 Å². The van der Waals surface area contributed by atoms with E-state index < -0.39 is 29.8 Å². The van der Waals surface area contributed by atoms with Crippen molar-refractivity contribution in [2.45, 2.75) is 38.6 Å². The Hall–Kier alpha value is -2.94. The lowest BCUT2D eigenvalue weighted by molar-refractivity contribution is -0.141. The number of esters is 1. The van der Waals surface area contributed by atoms with Crippen molar-refractivity contribution in [3.8, 4) is 0 Å². The van der Waals surface area contributed by atoms with E-state index in [9.17, 15) is 18.8 Å². The Kier molecular flexibility index (Phi) is 8.79. The number of nitrogens with one attached hydrogen (secondary N) is 1. The van der Waals surface area contributed by atoms with Crippen LogP contribution in [-0.2, 0) is 19.1 Å². The topological polar surface area (TPSA) is 105 Å². The minimum absolute atomic E-state index is 0.0467. The first-order chi connectivity index (χ1) is 14.3. The number of carboxylic acids is 1. The van der Waals surface area contributed by atoms with Crippen molar-refractivity contribution >= 4 is 18.0 Å². The third-order valence-electron chi connectivity index (χ3n) is 4.79. The van der Waals surface area contributed by atoms with Gasteiger partial charge in [-0.3, -0.25) is 9.69 Å². The smallest absolute Gasteiger partial charge is 0.338 e. The molecule has 0 unspecified atom stereocenters. The first-order valence-corrected chi connectivity index (χ1v) is 9.77. The first kappa shape index (κ1) is 23.3. The van der Waals surface area contributed by atoms with Gasteiger partial charge in [-0.15, -0.1) is 0 Å². The number of unbranched alkanes of at least 4 members (excludes halogenated alkanes) is 2. The number of ether oxygens (including phenoxy) is 2. The number of urea groups is 1. The van der Waals surface area contributed by atoms with Crippen LogP contribution in [0.5, 0.6) is 0 Å². The van der Waals surface area contributed by atoms with Crippen LogP contribution in [0, 0.1) is 5.82 Å². The van der Waals surface area contributed by atoms with Crippen LogP contribution in [0.4, 0.5) is 9.18 Å². The van der Waals surface area contributed by atoms with Crippen molar-refractivity contribution in [2.24, 2.45) is 0 Å². The fraction of sp³-hybridized carbons (Fsp3) is 0.476. The van der Waals surface area contributed by atoms with Gasteiger partial charge in [0.2, 0.25) is 0 Å². The van der Waals surface area contributed by atoms with Gasteiger partial charge in [0.05, 0.1) is 18.2 Å². The fourth-order valence-corrected chi connectivity index (χ4v) is 3.27. The lowest BCUT2D eigenvalue weighted by Gasteiger charge is -2.35. The summed E-state index contributed by atoms with van der Waals surface area (Å²) in [4.78, 5) is 37.5. The number of carbonyl (C=O) groups is 3. The van der Waals surface area contributed by atoms with E-state index in [0.29, 0.717) is 37.1 Å². The predicted molar refractivity (Wildman–Crippen MR) is 106 cm³/mol. The van der Waals surface area contributed by atoms with E-state index in [1.807, 2.05) is 0 Å². The van der Waals surface area contributed by atoms with Crippen LogP contribution < -0.4 is 5.32 Å². The Morgan fingerprint density at radius 3 is 2.67 bits per heavy atom. The molecule has 0 bridgehead atoms. The highest BCUT2D eigenvalue weighted by Gasteiger charge is 2.36. The zero-order valence-electron chi connectivity index (χ0n) is 17.2. The molecule has 2 amide bonds. The number of carbonyl (C=O) groups excluding carboxylic acids is 2. The molecule has 0 radical (unpaired) electrons. The second-order valence-electron chi connectivity index (χ2n) is 6.92. The minimum Gasteiger partial charge on any atom is -0.481 e. The average Bonchev–Trinajstić information content (AvgIpc) is 2.69. The summed E-state index contributed by atoms with van der Waals surface area (Å²) in [5, 5.41) is 11.5. The highest BCUT2D eigenvalue weighted by molar-refractivity contribution is 5.95. The van der Waals surface area contributed by atoms with Crippen LogP contribution in [-0.4, -0.2) is 54.8 Å². The average molecular weight is 422 g/mol. The molecule has 1 aliphatic heterocycles. The number of amides is 2. The third-order valence-corrected chi connectivity index (χ3v) is 4.79. The van der Waals surface area contributed by atoms with E-state index in [0.717, 1.165) is 0 Å². The Balaban J connectivity index is 2.24. The Labute approximate surface area is 174 Å². The molecule has 30 heavy (non-hydrogen) atoms. The van der Waals surface area contributed by atoms with Gasteiger partial charge in [-0.05, 0) is 37.5 Å². The molecule has 0 fully saturated rings. The Bertz CT molecular complexity index is 810. The van der Waals surface area contributed by atoms with Crippen LogP contribution in [0.2, 0.25) is 0 Å². The summed E-state index contributed by atoms with van der Waals surface area (Å²) in [6.07, 6.45) is 1.78. The second-order valence-corrected chi connectivity index (χ2v) is 6.92. The molecular formula is C21H27FN2O6. The molecule has 0 saturated carbocycles. The van der Waals surface area contributed by atoms with E-state index in [1.54, 1.807) is 13.0 Å². The monoisotopic (exact) mass is 422 g/mol. The van der Waals surface area contributed by atoms with E-state index in [4.69, 9.17) is 14.6 Å². The second kappa shape index (κ2) is 11.3. The van der Waals surface area contributed by atoms with Gasteiger partial charge in [-0.25, -0.2) is 14.0 Å². The highest BCUT2D eigenvalue weighted by Crippen LogP contribution is 2.31. The first-order valence-electron chi connectivity index (χ1n) is 9.77. The molecule has 8 nitrogen and oxygen atoms in total. The molecular weight excluding hydrogens is 395 g/mol. The van der Waals surface area contributed by atoms with E-state index in [-0.39, 0.29) is 25.2 Å². The number of benzene rings is 1. The lowest BCUT2D eigenvalue weighted by atomic mass is 9.94. The fourth-order valence-electron chi connectivity index (χ4n) is 3.27. The molecule has 9 heteroatoms. The molecule has 1 aromatic rings. The number of nitrogens with zero attached hydrogens (tertiary/aromatic N) is 1. The summed E-state index contributed by atoms with van der Waals surface area (Å²) in [6, 6.07) is 4.44. The van der Waals surface area contributed by atoms with Crippen LogP contribution in [0.15, 0.2) is 35.5 Å². The van der Waals surface area contributed by atoms with Gasteiger partial charge >= 0.3 is 18.0 Å². The van der Waals surface area contributed by atoms with E-state index in [1.165, 1.54) is 30.2 Å². The largest absolute Gasteiger partial charge is 0.481 e. The number of aliphatic carboxylic acids is 1. The minimum atomic E-state index is -0.860. The normalized spacial score (nSPS) is 16.4. The molecule has 1 heterocycles. The highest BCUT2D eigenvalue weighted by atomic mass is 19.1. The van der Waals surface area contributed by atoms with Gasteiger partial charge < -0.3 is 19.9 Å². The number of carboxylic acid groups (broad SMARTS) is 1. The number of methoxy groups -OCH3 is 1. The quantitative estimate of drug-likeness (QED) is 0.420. The summed E-state index contributed by atoms with van der Waals surface area (Å²) >= 11 is 0. The van der Waals surface area contributed by atoms with Gasteiger partial charge in [-0.2, -0.15) is 0 Å². The lowest BCUT2D eigenvalue weighted by Crippen LogP contribution is -2.48.